The molecule has 0 saturated carbocycles. The fraction of sp³-hybridized carbons (Fsp3) is 0.333. The fourth-order valence-electron chi connectivity index (χ4n) is 3.05. The van der Waals surface area contributed by atoms with Gasteiger partial charge in [-0.3, -0.25) is 9.59 Å². The minimum Gasteiger partial charge on any atom is -0.493 e. The molecule has 1 heterocycles. The van der Waals surface area contributed by atoms with E-state index in [1.54, 1.807) is 32.3 Å². The molecule has 2 aromatic carbocycles. The van der Waals surface area contributed by atoms with Crippen LogP contribution in [0.15, 0.2) is 24.3 Å². The lowest BCUT2D eigenvalue weighted by Crippen LogP contribution is -2.24. The Balaban J connectivity index is 1.87. The zero-order chi connectivity index (χ0) is 21.8. The molecule has 8 nitrogen and oxygen atoms in total. The molecule has 0 spiro atoms. The number of hydrogen-bond acceptors (Lipinski definition) is 6. The van der Waals surface area contributed by atoms with E-state index in [0.717, 1.165) is 0 Å². The lowest BCUT2D eigenvalue weighted by Gasteiger charge is -2.20. The van der Waals surface area contributed by atoms with Crippen molar-refractivity contribution in [2.75, 3.05) is 46.8 Å². The smallest absolute Gasteiger partial charge is 0.255 e. The van der Waals surface area contributed by atoms with Crippen LogP contribution < -0.4 is 24.3 Å². The highest BCUT2D eigenvalue weighted by molar-refractivity contribution is 6.32. The molecule has 160 valence electrons. The van der Waals surface area contributed by atoms with Gasteiger partial charge >= 0.3 is 0 Å². The van der Waals surface area contributed by atoms with Crippen LogP contribution in [0.2, 0.25) is 5.02 Å². The Morgan fingerprint density at radius 3 is 2.40 bits per heavy atom. The number of methoxy groups -OCH3 is 2. The Kier molecular flexibility index (Phi) is 6.56. The normalized spacial score (nSPS) is 12.2. The molecule has 0 aromatic heterocycles. The maximum absolute atomic E-state index is 12.7. The van der Waals surface area contributed by atoms with Crippen molar-refractivity contribution in [3.8, 4) is 23.0 Å². The molecule has 2 aromatic rings. The molecule has 0 atom stereocenters. The minimum atomic E-state index is -0.331. The fourth-order valence-corrected chi connectivity index (χ4v) is 3.33. The molecule has 1 aliphatic heterocycles. The highest BCUT2D eigenvalue weighted by Crippen LogP contribution is 2.38. The molecule has 1 aliphatic rings. The molecule has 3 rings (SSSR count). The molecule has 1 N–H and O–H groups in total. The molecule has 30 heavy (non-hydrogen) atoms. The molecule has 0 fully saturated rings. The Morgan fingerprint density at radius 1 is 1.07 bits per heavy atom. The van der Waals surface area contributed by atoms with E-state index < -0.39 is 0 Å². The number of ether oxygens (including phenoxy) is 4. The van der Waals surface area contributed by atoms with Crippen molar-refractivity contribution >= 4 is 29.1 Å². The zero-order valence-corrected chi connectivity index (χ0v) is 18.0. The summed E-state index contributed by atoms with van der Waals surface area (Å²) in [5, 5.41) is 3.16. The molecule has 9 heteroatoms. The van der Waals surface area contributed by atoms with Crippen molar-refractivity contribution in [2.24, 2.45) is 0 Å². The van der Waals surface area contributed by atoms with Crippen LogP contribution in [0.5, 0.6) is 23.0 Å². The Hall–Kier alpha value is -3.13. The van der Waals surface area contributed by atoms with Gasteiger partial charge in [-0.2, -0.15) is 0 Å². The second-order valence-corrected chi connectivity index (χ2v) is 7.19. The summed E-state index contributed by atoms with van der Waals surface area (Å²) in [4.78, 5) is 26.8. The predicted octanol–water partition coefficient (Wildman–Crippen LogP) is 3.01. The van der Waals surface area contributed by atoms with Gasteiger partial charge in [-0.1, -0.05) is 11.6 Å². The zero-order valence-electron chi connectivity index (χ0n) is 17.2. The van der Waals surface area contributed by atoms with E-state index in [9.17, 15) is 9.59 Å². The van der Waals surface area contributed by atoms with E-state index in [1.807, 2.05) is 0 Å². The number of nitrogens with zero attached hydrogens (tertiary/aromatic N) is 1. The summed E-state index contributed by atoms with van der Waals surface area (Å²) in [6.07, 6.45) is 0.0281. The van der Waals surface area contributed by atoms with E-state index in [-0.39, 0.29) is 23.8 Å². The summed E-state index contributed by atoms with van der Waals surface area (Å²) >= 11 is 6.25. The van der Waals surface area contributed by atoms with Crippen LogP contribution in [0.4, 0.5) is 5.69 Å². The summed E-state index contributed by atoms with van der Waals surface area (Å²) < 4.78 is 21.6. The van der Waals surface area contributed by atoms with Crippen LogP contribution in [0.3, 0.4) is 0 Å². The number of fused-ring (bicyclic) bond motifs is 1. The molecule has 0 bridgehead atoms. The largest absolute Gasteiger partial charge is 0.493 e. The van der Waals surface area contributed by atoms with Gasteiger partial charge in [0, 0.05) is 20.2 Å². The molecule has 0 saturated heterocycles. The van der Waals surface area contributed by atoms with E-state index >= 15 is 0 Å². The van der Waals surface area contributed by atoms with Gasteiger partial charge in [0.1, 0.15) is 13.2 Å². The summed E-state index contributed by atoms with van der Waals surface area (Å²) in [6, 6.07) is 6.48. The molecular weight excluding hydrogens is 412 g/mol. The van der Waals surface area contributed by atoms with Crippen molar-refractivity contribution < 1.29 is 28.5 Å². The third-order valence-electron chi connectivity index (χ3n) is 4.46. The van der Waals surface area contributed by atoms with Crippen molar-refractivity contribution in [3.63, 3.8) is 0 Å². The van der Waals surface area contributed by atoms with Gasteiger partial charge in [0.15, 0.2) is 23.0 Å². The van der Waals surface area contributed by atoms with Gasteiger partial charge in [-0.15, -0.1) is 0 Å². The summed E-state index contributed by atoms with van der Waals surface area (Å²) in [5.41, 5.74) is 1.26. The molecular formula is C21H23ClN2O6. The quantitative estimate of drug-likeness (QED) is 0.752. The maximum Gasteiger partial charge on any atom is 0.255 e. The number of benzene rings is 2. The first-order chi connectivity index (χ1) is 14.3. The van der Waals surface area contributed by atoms with Gasteiger partial charge in [0.25, 0.3) is 5.91 Å². The van der Waals surface area contributed by atoms with Crippen molar-refractivity contribution in [1.29, 1.82) is 0 Å². The predicted molar refractivity (Wildman–Crippen MR) is 112 cm³/mol. The highest BCUT2D eigenvalue weighted by atomic mass is 35.5. The van der Waals surface area contributed by atoms with E-state index in [2.05, 4.69) is 5.32 Å². The average molecular weight is 435 g/mol. The average Bonchev–Trinajstić information content (AvgIpc) is 2.72. The Bertz CT molecular complexity index is 976. The number of hydrogen-bond donors (Lipinski definition) is 1. The number of nitrogens with one attached hydrogen (secondary N) is 1. The monoisotopic (exact) mass is 434 g/mol. The number of amides is 2. The second-order valence-electron chi connectivity index (χ2n) is 6.78. The maximum atomic E-state index is 12.7. The first kappa shape index (κ1) is 21.6. The second kappa shape index (κ2) is 9.13. The number of carbonyl (C=O) groups excluding carboxylic acids is 2. The number of anilines is 1. The summed E-state index contributed by atoms with van der Waals surface area (Å²) in [7, 11) is 6.21. The van der Waals surface area contributed by atoms with Gasteiger partial charge < -0.3 is 29.2 Å². The number of carbonyl (C=O) groups is 2. The third-order valence-corrected chi connectivity index (χ3v) is 4.74. The first-order valence-electron chi connectivity index (χ1n) is 9.19. The SMILES string of the molecule is COc1cc(NC(=O)Cc2cc(Cl)c3c(c2)OCCO3)c(C(=O)N(C)C)cc1OC. The van der Waals surface area contributed by atoms with Crippen LogP contribution >= 0.6 is 11.6 Å². The van der Waals surface area contributed by atoms with Gasteiger partial charge in [-0.25, -0.2) is 0 Å². The van der Waals surface area contributed by atoms with Crippen LogP contribution in [0.25, 0.3) is 0 Å². The standard InChI is InChI=1S/C21H23ClN2O6/c1-24(2)21(26)13-10-16(27-3)17(28-4)11-15(13)23-19(25)9-12-7-14(22)20-18(8-12)29-5-6-30-20/h7-8,10-11H,5-6,9H2,1-4H3,(H,23,25). The van der Waals surface area contributed by atoms with Gasteiger partial charge in [-0.05, 0) is 23.8 Å². The molecule has 0 radical (unpaired) electrons. The molecule has 0 aliphatic carbocycles. The van der Waals surface area contributed by atoms with Crippen LogP contribution in [0, 0.1) is 0 Å². The van der Waals surface area contributed by atoms with E-state index in [1.165, 1.54) is 25.2 Å². The molecule has 2 amide bonds. The number of rotatable bonds is 6. The lowest BCUT2D eigenvalue weighted by atomic mass is 10.1. The van der Waals surface area contributed by atoms with Gasteiger partial charge in [0.05, 0.1) is 36.9 Å². The Morgan fingerprint density at radius 2 is 1.73 bits per heavy atom. The summed E-state index contributed by atoms with van der Waals surface area (Å²) in [5.74, 6) is 1.15. The van der Waals surface area contributed by atoms with Crippen molar-refractivity contribution in [3.05, 3.63) is 40.4 Å². The van der Waals surface area contributed by atoms with E-state index in [0.29, 0.717) is 52.5 Å². The number of halogens is 1. The first-order valence-corrected chi connectivity index (χ1v) is 9.57. The lowest BCUT2D eigenvalue weighted by molar-refractivity contribution is -0.115. The van der Waals surface area contributed by atoms with Crippen LogP contribution in [-0.4, -0.2) is 58.2 Å². The van der Waals surface area contributed by atoms with Crippen molar-refractivity contribution in [1.82, 2.24) is 4.90 Å². The minimum absolute atomic E-state index is 0.0281. The topological polar surface area (TPSA) is 86.3 Å². The summed E-state index contributed by atoms with van der Waals surface area (Å²) in [6.45, 7) is 0.842. The van der Waals surface area contributed by atoms with Crippen LogP contribution in [-0.2, 0) is 11.2 Å². The molecule has 0 unspecified atom stereocenters. The Labute approximate surface area is 179 Å². The van der Waals surface area contributed by atoms with Crippen LogP contribution in [0.1, 0.15) is 15.9 Å². The highest BCUT2D eigenvalue weighted by Gasteiger charge is 2.21. The van der Waals surface area contributed by atoms with Gasteiger partial charge in [0.2, 0.25) is 5.91 Å². The van der Waals surface area contributed by atoms with E-state index in [4.69, 9.17) is 30.5 Å². The van der Waals surface area contributed by atoms with Crippen molar-refractivity contribution in [2.45, 2.75) is 6.42 Å². The third kappa shape index (κ3) is 4.54.